The Kier molecular flexibility index (Phi) is 3.81. The first-order valence-electron chi connectivity index (χ1n) is 6.50. The van der Waals surface area contributed by atoms with Gasteiger partial charge in [0.25, 0.3) is 0 Å². The topological polar surface area (TPSA) is 0 Å². The molecule has 0 aromatic heterocycles. The van der Waals surface area contributed by atoms with Gasteiger partial charge in [-0.15, -0.1) is 0 Å². The van der Waals surface area contributed by atoms with Crippen LogP contribution in [0.4, 0.5) is 0 Å². The largest absolute Gasteiger partial charge is 0.0843 e. The minimum atomic E-state index is 0.400. The highest BCUT2D eigenvalue weighted by Crippen LogP contribution is 2.41. The van der Waals surface area contributed by atoms with Crippen LogP contribution in [0.25, 0.3) is 11.6 Å². The van der Waals surface area contributed by atoms with E-state index in [1.807, 2.05) is 18.2 Å². The first-order chi connectivity index (χ1) is 9.54. The molecule has 0 N–H and O–H groups in total. The molecule has 0 fully saturated rings. The normalized spacial score (nSPS) is 17.6. The summed E-state index contributed by atoms with van der Waals surface area (Å²) in [5, 5.41) is 2.16. The van der Waals surface area contributed by atoms with Crippen molar-refractivity contribution in [2.24, 2.45) is 0 Å². The van der Waals surface area contributed by atoms with Gasteiger partial charge in [0.15, 0.2) is 0 Å². The summed E-state index contributed by atoms with van der Waals surface area (Å²) in [5.41, 5.74) is 4.78. The lowest BCUT2D eigenvalue weighted by atomic mass is 9.82. The minimum Gasteiger partial charge on any atom is -0.0843 e. The van der Waals surface area contributed by atoms with E-state index < -0.39 is 0 Å². The Morgan fingerprint density at radius 3 is 2.35 bits per heavy atom. The summed E-state index contributed by atoms with van der Waals surface area (Å²) in [7, 11) is 0. The Balaban J connectivity index is 2.11. The van der Waals surface area contributed by atoms with E-state index in [1.165, 1.54) is 16.7 Å². The van der Waals surface area contributed by atoms with Gasteiger partial charge in [0.05, 0.1) is 0 Å². The van der Waals surface area contributed by atoms with Crippen LogP contribution < -0.4 is 0 Å². The first kappa shape index (κ1) is 14.0. The van der Waals surface area contributed by atoms with Crippen LogP contribution in [0.15, 0.2) is 36.4 Å². The minimum absolute atomic E-state index is 0.400. The van der Waals surface area contributed by atoms with Crippen LogP contribution in [-0.2, 0) is 0 Å². The Hall–Kier alpha value is -0.950. The molecule has 0 saturated heterocycles. The quantitative estimate of drug-likeness (QED) is 0.548. The van der Waals surface area contributed by atoms with Gasteiger partial charge < -0.3 is 0 Å². The van der Waals surface area contributed by atoms with Crippen molar-refractivity contribution in [2.75, 3.05) is 0 Å². The molecule has 0 aliphatic heterocycles. The van der Waals surface area contributed by atoms with Crippen LogP contribution in [0.1, 0.15) is 36.0 Å². The third-order valence-corrected chi connectivity index (χ3v) is 4.50. The third-order valence-electron chi connectivity index (χ3n) is 3.72. The molecule has 2 aromatic carbocycles. The molecule has 0 amide bonds. The first-order valence-corrected chi connectivity index (χ1v) is 7.63. The maximum atomic E-state index is 6.34. The fourth-order valence-electron chi connectivity index (χ4n) is 2.70. The van der Waals surface area contributed by atoms with E-state index >= 15 is 0 Å². The lowest BCUT2D eigenvalue weighted by molar-refractivity contribution is 0.783. The van der Waals surface area contributed by atoms with Crippen molar-refractivity contribution >= 4 is 46.5 Å². The highest BCUT2D eigenvalue weighted by Gasteiger charge is 2.21. The van der Waals surface area contributed by atoms with Gasteiger partial charge in [0, 0.05) is 15.1 Å². The van der Waals surface area contributed by atoms with Gasteiger partial charge in [-0.25, -0.2) is 0 Å². The summed E-state index contributed by atoms with van der Waals surface area (Å²) in [6.07, 6.45) is 3.14. The Bertz CT molecular complexity index is 684. The van der Waals surface area contributed by atoms with Crippen LogP contribution >= 0.6 is 34.8 Å². The summed E-state index contributed by atoms with van der Waals surface area (Å²) in [5.74, 6) is 0.400. The molecule has 0 heterocycles. The Morgan fingerprint density at radius 1 is 0.950 bits per heavy atom. The van der Waals surface area contributed by atoms with Crippen molar-refractivity contribution in [2.45, 2.75) is 19.3 Å². The average molecular weight is 324 g/mol. The van der Waals surface area contributed by atoms with Crippen molar-refractivity contribution in [3.8, 4) is 0 Å². The SMILES string of the molecule is C[C@H]1CC(c2ccc(Cl)cc2)=Cc2c(Cl)cc(Cl)cc21. The number of fused-ring (bicyclic) bond motifs is 1. The number of benzene rings is 2. The smallest absolute Gasteiger partial charge is 0.0496 e. The van der Waals surface area contributed by atoms with Gasteiger partial charge in [-0.1, -0.05) is 53.9 Å². The van der Waals surface area contributed by atoms with E-state index in [9.17, 15) is 0 Å². The van der Waals surface area contributed by atoms with E-state index in [4.69, 9.17) is 34.8 Å². The number of hydrogen-bond acceptors (Lipinski definition) is 0. The molecule has 0 spiro atoms. The molecule has 1 atom stereocenters. The molecule has 102 valence electrons. The van der Waals surface area contributed by atoms with E-state index in [0.29, 0.717) is 16.0 Å². The molecule has 0 radical (unpaired) electrons. The standard InChI is InChI=1S/C17H13Cl3/c1-10-6-12(11-2-4-13(18)5-3-11)7-16-15(10)8-14(19)9-17(16)20/h2-5,7-10H,6H2,1H3/t10-/m0/s1. The molecule has 1 aliphatic rings. The second kappa shape index (κ2) is 5.44. The van der Waals surface area contributed by atoms with Crippen LogP contribution in [0, 0.1) is 0 Å². The maximum absolute atomic E-state index is 6.34. The molecule has 3 rings (SSSR count). The van der Waals surface area contributed by atoms with Crippen molar-refractivity contribution in [3.05, 3.63) is 68.2 Å². The molecule has 0 saturated carbocycles. The van der Waals surface area contributed by atoms with Crippen molar-refractivity contribution in [1.82, 2.24) is 0 Å². The highest BCUT2D eigenvalue weighted by atomic mass is 35.5. The van der Waals surface area contributed by atoms with Crippen LogP contribution in [-0.4, -0.2) is 0 Å². The van der Waals surface area contributed by atoms with E-state index in [2.05, 4.69) is 25.1 Å². The summed E-state index contributed by atoms with van der Waals surface area (Å²) in [4.78, 5) is 0. The van der Waals surface area contributed by atoms with E-state index in [0.717, 1.165) is 17.0 Å². The summed E-state index contributed by atoms with van der Waals surface area (Å²) >= 11 is 18.4. The molecule has 0 nitrogen and oxygen atoms in total. The summed E-state index contributed by atoms with van der Waals surface area (Å²) in [6, 6.07) is 11.8. The van der Waals surface area contributed by atoms with Crippen molar-refractivity contribution in [3.63, 3.8) is 0 Å². The van der Waals surface area contributed by atoms with Crippen LogP contribution in [0.2, 0.25) is 15.1 Å². The predicted octanol–water partition coefficient (Wildman–Crippen LogP) is 6.69. The van der Waals surface area contributed by atoms with Gasteiger partial charge in [-0.2, -0.15) is 0 Å². The molecular formula is C17H13Cl3. The fraction of sp³-hybridized carbons (Fsp3) is 0.176. The molecule has 1 aliphatic carbocycles. The van der Waals surface area contributed by atoms with Crippen molar-refractivity contribution < 1.29 is 0 Å². The van der Waals surface area contributed by atoms with Gasteiger partial charge in [0.1, 0.15) is 0 Å². The van der Waals surface area contributed by atoms with Crippen molar-refractivity contribution in [1.29, 1.82) is 0 Å². The van der Waals surface area contributed by atoms with Gasteiger partial charge in [-0.3, -0.25) is 0 Å². The summed E-state index contributed by atoms with van der Waals surface area (Å²) < 4.78 is 0. The van der Waals surface area contributed by atoms with Gasteiger partial charge in [-0.05, 0) is 64.9 Å². The zero-order chi connectivity index (χ0) is 14.3. The average Bonchev–Trinajstić information content (AvgIpc) is 2.40. The zero-order valence-corrected chi connectivity index (χ0v) is 13.2. The van der Waals surface area contributed by atoms with Gasteiger partial charge in [0.2, 0.25) is 0 Å². The number of hydrogen-bond donors (Lipinski definition) is 0. The Morgan fingerprint density at radius 2 is 1.65 bits per heavy atom. The Labute approximate surface area is 134 Å². The van der Waals surface area contributed by atoms with Crippen LogP contribution in [0.5, 0.6) is 0 Å². The van der Waals surface area contributed by atoms with Crippen LogP contribution in [0.3, 0.4) is 0 Å². The molecule has 0 unspecified atom stereocenters. The molecular weight excluding hydrogens is 311 g/mol. The monoisotopic (exact) mass is 322 g/mol. The maximum Gasteiger partial charge on any atom is 0.0496 e. The second-order valence-electron chi connectivity index (χ2n) is 5.17. The molecule has 0 bridgehead atoms. The predicted molar refractivity (Wildman–Crippen MR) is 88.8 cm³/mol. The lowest BCUT2D eigenvalue weighted by Crippen LogP contribution is -2.04. The van der Waals surface area contributed by atoms with E-state index in [-0.39, 0.29) is 0 Å². The number of allylic oxidation sites excluding steroid dienone is 1. The molecule has 20 heavy (non-hydrogen) atoms. The highest BCUT2D eigenvalue weighted by molar-refractivity contribution is 6.36. The zero-order valence-electron chi connectivity index (χ0n) is 11.0. The lowest BCUT2D eigenvalue weighted by Gasteiger charge is -2.24. The second-order valence-corrected chi connectivity index (χ2v) is 6.45. The van der Waals surface area contributed by atoms with E-state index in [1.54, 1.807) is 6.07 Å². The third kappa shape index (κ3) is 2.61. The van der Waals surface area contributed by atoms with Gasteiger partial charge >= 0.3 is 0 Å². The number of halogens is 3. The molecule has 3 heteroatoms. The molecule has 2 aromatic rings. The number of rotatable bonds is 1. The summed E-state index contributed by atoms with van der Waals surface area (Å²) in [6.45, 7) is 2.20. The fourth-order valence-corrected chi connectivity index (χ4v) is 3.39.